The van der Waals surface area contributed by atoms with E-state index in [0.29, 0.717) is 13.2 Å². The van der Waals surface area contributed by atoms with Gasteiger partial charge < -0.3 is 15.8 Å². The molecule has 0 aromatic heterocycles. The molecule has 0 saturated heterocycles. The molecule has 0 aliphatic carbocycles. The van der Waals surface area contributed by atoms with E-state index in [1.165, 1.54) is 0 Å². The summed E-state index contributed by atoms with van der Waals surface area (Å²) in [5.41, 5.74) is 9.39. The van der Waals surface area contributed by atoms with Crippen LogP contribution >= 0.6 is 0 Å². The first kappa shape index (κ1) is 19.2. The van der Waals surface area contributed by atoms with Gasteiger partial charge in [-0.3, -0.25) is 4.79 Å². The summed E-state index contributed by atoms with van der Waals surface area (Å²) in [7, 11) is 0. The molecule has 0 aliphatic rings. The lowest BCUT2D eigenvalue weighted by molar-refractivity contribution is -0.125. The Hall–Kier alpha value is -2.17. The van der Waals surface area contributed by atoms with E-state index in [-0.39, 0.29) is 17.9 Å². The molecule has 2 unspecified atom stereocenters. The molecular formula is C21H28N2O2. The molecule has 25 heavy (non-hydrogen) atoms. The minimum Gasteiger partial charge on any atom is -0.377 e. The van der Waals surface area contributed by atoms with Crippen molar-refractivity contribution in [3.05, 3.63) is 71.3 Å². The molecule has 2 aromatic rings. The van der Waals surface area contributed by atoms with Crippen LogP contribution in [-0.2, 0) is 22.7 Å². The third kappa shape index (κ3) is 5.69. The number of nitrogens with one attached hydrogen (secondary N) is 1. The Morgan fingerprint density at radius 1 is 1.08 bits per heavy atom. The minimum atomic E-state index is -0.315. The van der Waals surface area contributed by atoms with Gasteiger partial charge in [0.1, 0.15) is 0 Å². The lowest BCUT2D eigenvalue weighted by Crippen LogP contribution is -2.35. The summed E-state index contributed by atoms with van der Waals surface area (Å²) < 4.78 is 5.63. The largest absolute Gasteiger partial charge is 0.377 e. The Morgan fingerprint density at radius 3 is 2.40 bits per heavy atom. The number of rotatable bonds is 9. The van der Waals surface area contributed by atoms with Crippen molar-refractivity contribution in [2.75, 3.05) is 6.61 Å². The monoisotopic (exact) mass is 340 g/mol. The number of amides is 1. The standard InChI is InChI=1S/C21H28N2O2/c1-3-13-25-15-19-12-8-7-11-18(19)14-23-21(24)16(2)20(22)17-9-5-4-6-10-17/h4-12,16,20H,3,13-15,22H2,1-2H3,(H,23,24). The van der Waals surface area contributed by atoms with Crippen LogP contribution in [0.25, 0.3) is 0 Å². The SMILES string of the molecule is CCCOCc1ccccc1CNC(=O)C(C)C(N)c1ccccc1. The average molecular weight is 340 g/mol. The van der Waals surface area contributed by atoms with Gasteiger partial charge in [-0.1, -0.05) is 68.4 Å². The molecule has 0 saturated carbocycles. The van der Waals surface area contributed by atoms with Gasteiger partial charge in [-0.05, 0) is 23.1 Å². The average Bonchev–Trinajstić information content (AvgIpc) is 2.66. The van der Waals surface area contributed by atoms with Gasteiger partial charge in [0.25, 0.3) is 0 Å². The molecule has 0 spiro atoms. The highest BCUT2D eigenvalue weighted by atomic mass is 16.5. The Kier molecular flexibility index (Phi) is 7.64. The zero-order chi connectivity index (χ0) is 18.1. The zero-order valence-corrected chi connectivity index (χ0v) is 15.1. The molecule has 0 bridgehead atoms. The molecule has 1 amide bonds. The number of hydrogen-bond donors (Lipinski definition) is 2. The molecule has 4 heteroatoms. The predicted molar refractivity (Wildman–Crippen MR) is 101 cm³/mol. The maximum Gasteiger partial charge on any atom is 0.225 e. The molecule has 0 heterocycles. The van der Waals surface area contributed by atoms with E-state index in [1.807, 2.05) is 61.5 Å². The number of nitrogens with two attached hydrogens (primary N) is 1. The fourth-order valence-electron chi connectivity index (χ4n) is 2.67. The van der Waals surface area contributed by atoms with Crippen molar-refractivity contribution in [2.24, 2.45) is 11.7 Å². The highest BCUT2D eigenvalue weighted by molar-refractivity contribution is 5.79. The van der Waals surface area contributed by atoms with E-state index in [0.717, 1.165) is 29.7 Å². The van der Waals surface area contributed by atoms with Crippen LogP contribution < -0.4 is 11.1 Å². The number of benzene rings is 2. The summed E-state index contributed by atoms with van der Waals surface area (Å²) in [5, 5.41) is 3.01. The van der Waals surface area contributed by atoms with Gasteiger partial charge in [0.05, 0.1) is 12.5 Å². The van der Waals surface area contributed by atoms with E-state index in [4.69, 9.17) is 10.5 Å². The van der Waals surface area contributed by atoms with Crippen molar-refractivity contribution < 1.29 is 9.53 Å². The van der Waals surface area contributed by atoms with E-state index in [1.54, 1.807) is 0 Å². The number of carbonyl (C=O) groups excluding carboxylic acids is 1. The van der Waals surface area contributed by atoms with Crippen LogP contribution in [0.15, 0.2) is 54.6 Å². The van der Waals surface area contributed by atoms with Crippen LogP contribution in [0, 0.1) is 5.92 Å². The van der Waals surface area contributed by atoms with Crippen LogP contribution in [0.2, 0.25) is 0 Å². The zero-order valence-electron chi connectivity index (χ0n) is 15.1. The molecule has 0 aliphatic heterocycles. The molecule has 134 valence electrons. The summed E-state index contributed by atoms with van der Waals surface area (Å²) >= 11 is 0. The minimum absolute atomic E-state index is 0.0411. The van der Waals surface area contributed by atoms with Crippen molar-refractivity contribution in [1.29, 1.82) is 0 Å². The van der Waals surface area contributed by atoms with Crippen LogP contribution in [0.4, 0.5) is 0 Å². The predicted octanol–water partition coefficient (Wildman–Crippen LogP) is 3.57. The topological polar surface area (TPSA) is 64.3 Å². The smallest absolute Gasteiger partial charge is 0.225 e. The second-order valence-corrected chi connectivity index (χ2v) is 6.26. The second-order valence-electron chi connectivity index (χ2n) is 6.26. The highest BCUT2D eigenvalue weighted by Gasteiger charge is 2.21. The fraction of sp³-hybridized carbons (Fsp3) is 0.381. The van der Waals surface area contributed by atoms with Gasteiger partial charge >= 0.3 is 0 Å². The molecule has 0 radical (unpaired) electrons. The fourth-order valence-corrected chi connectivity index (χ4v) is 2.67. The number of ether oxygens (including phenoxy) is 1. The van der Waals surface area contributed by atoms with Crippen molar-refractivity contribution in [2.45, 2.75) is 39.5 Å². The highest BCUT2D eigenvalue weighted by Crippen LogP contribution is 2.19. The Balaban J connectivity index is 1.93. The van der Waals surface area contributed by atoms with Gasteiger partial charge in [-0.25, -0.2) is 0 Å². The maximum absolute atomic E-state index is 12.5. The van der Waals surface area contributed by atoms with Crippen LogP contribution in [0.3, 0.4) is 0 Å². The van der Waals surface area contributed by atoms with Crippen molar-refractivity contribution in [3.63, 3.8) is 0 Å². The van der Waals surface area contributed by atoms with E-state index < -0.39 is 0 Å². The van der Waals surface area contributed by atoms with Gasteiger partial charge in [0, 0.05) is 19.2 Å². The Bertz CT molecular complexity index is 658. The number of hydrogen-bond acceptors (Lipinski definition) is 3. The third-order valence-electron chi connectivity index (χ3n) is 4.31. The van der Waals surface area contributed by atoms with Gasteiger partial charge in [-0.15, -0.1) is 0 Å². The lowest BCUT2D eigenvalue weighted by Gasteiger charge is -2.20. The third-order valence-corrected chi connectivity index (χ3v) is 4.31. The van der Waals surface area contributed by atoms with Gasteiger partial charge in [0.2, 0.25) is 5.91 Å². The summed E-state index contributed by atoms with van der Waals surface area (Å²) in [5.74, 6) is -0.341. The molecule has 2 atom stereocenters. The molecule has 3 N–H and O–H groups in total. The normalized spacial score (nSPS) is 13.2. The molecular weight excluding hydrogens is 312 g/mol. The van der Waals surface area contributed by atoms with Gasteiger partial charge in [0.15, 0.2) is 0 Å². The first-order valence-corrected chi connectivity index (χ1v) is 8.86. The molecule has 4 nitrogen and oxygen atoms in total. The Labute approximate surface area is 150 Å². The maximum atomic E-state index is 12.5. The van der Waals surface area contributed by atoms with Crippen LogP contribution in [0.5, 0.6) is 0 Å². The Morgan fingerprint density at radius 2 is 1.72 bits per heavy atom. The quantitative estimate of drug-likeness (QED) is 0.686. The number of carbonyl (C=O) groups is 1. The molecule has 2 aromatic carbocycles. The van der Waals surface area contributed by atoms with E-state index >= 15 is 0 Å². The summed E-state index contributed by atoms with van der Waals surface area (Å²) in [4.78, 5) is 12.5. The summed E-state index contributed by atoms with van der Waals surface area (Å²) in [6.45, 7) is 5.74. The first-order valence-electron chi connectivity index (χ1n) is 8.86. The molecule has 0 fully saturated rings. The van der Waals surface area contributed by atoms with E-state index in [2.05, 4.69) is 12.2 Å². The lowest BCUT2D eigenvalue weighted by atomic mass is 9.94. The van der Waals surface area contributed by atoms with Gasteiger partial charge in [-0.2, -0.15) is 0 Å². The van der Waals surface area contributed by atoms with Crippen LogP contribution in [-0.4, -0.2) is 12.5 Å². The summed E-state index contributed by atoms with van der Waals surface area (Å²) in [6.07, 6.45) is 0.994. The first-order chi connectivity index (χ1) is 12.1. The van der Waals surface area contributed by atoms with E-state index in [9.17, 15) is 4.79 Å². The second kappa shape index (κ2) is 9.97. The summed E-state index contributed by atoms with van der Waals surface area (Å²) in [6, 6.07) is 17.4. The van der Waals surface area contributed by atoms with Crippen molar-refractivity contribution >= 4 is 5.91 Å². The van der Waals surface area contributed by atoms with Crippen molar-refractivity contribution in [1.82, 2.24) is 5.32 Å². The van der Waals surface area contributed by atoms with Crippen LogP contribution in [0.1, 0.15) is 43.0 Å². The van der Waals surface area contributed by atoms with Crippen molar-refractivity contribution in [3.8, 4) is 0 Å². The molecule has 2 rings (SSSR count).